The highest BCUT2D eigenvalue weighted by atomic mass is 16.2. The van der Waals surface area contributed by atoms with Crippen molar-refractivity contribution in [2.45, 2.75) is 219 Å². The van der Waals surface area contributed by atoms with Crippen LogP contribution in [0, 0.1) is 5.92 Å². The van der Waals surface area contributed by atoms with Gasteiger partial charge in [-0.2, -0.15) is 0 Å². The third kappa shape index (κ3) is 28.9. The molecule has 0 aliphatic heterocycles. The van der Waals surface area contributed by atoms with Crippen molar-refractivity contribution in [2.75, 3.05) is 6.61 Å². The minimum Gasteiger partial charge on any atom is -0.396 e. The van der Waals surface area contributed by atoms with Gasteiger partial charge in [0.05, 0.1) is 0 Å². The summed E-state index contributed by atoms with van der Waals surface area (Å²) in [7, 11) is 0. The first-order chi connectivity index (χ1) is 18.5. The Kier molecular flexibility index (Phi) is 29.8. The molecule has 38 heavy (non-hydrogen) atoms. The second kappa shape index (κ2) is 29.9. The predicted molar refractivity (Wildman–Crippen MR) is 173 cm³/mol. The van der Waals surface area contributed by atoms with Crippen LogP contribution in [0.1, 0.15) is 213 Å². The smallest absolute Gasteiger partial charge is 0.0431 e. The first-order valence-electron chi connectivity index (χ1n) is 17.9. The monoisotopic (exact) mass is 538 g/mol. The van der Waals surface area contributed by atoms with Crippen molar-refractivity contribution in [1.29, 1.82) is 0 Å². The lowest BCUT2D eigenvalue weighted by atomic mass is 9.80. The minimum atomic E-state index is -0.0185. The van der Waals surface area contributed by atoms with Crippen molar-refractivity contribution in [3.63, 3.8) is 0 Å². The van der Waals surface area contributed by atoms with Gasteiger partial charge >= 0.3 is 0 Å². The summed E-state index contributed by atoms with van der Waals surface area (Å²) < 4.78 is 0. The van der Waals surface area contributed by atoms with E-state index in [1.165, 1.54) is 186 Å². The summed E-state index contributed by atoms with van der Waals surface area (Å²) in [6.07, 6.45) is 41.8. The fourth-order valence-corrected chi connectivity index (χ4v) is 6.10. The predicted octanol–water partition coefficient (Wildman–Crippen LogP) is 12.1. The SMILES string of the molecule is CCCCCCCCCCCCCCCCC(CCCCCCCCCCCCCCCCO)C(C)(C)N. The second-order valence-electron chi connectivity index (χ2n) is 13.4. The second-order valence-corrected chi connectivity index (χ2v) is 13.4. The third-order valence-electron chi connectivity index (χ3n) is 8.92. The first kappa shape index (κ1) is 37.9. The number of rotatable bonds is 32. The van der Waals surface area contributed by atoms with Crippen molar-refractivity contribution in [3.8, 4) is 0 Å². The van der Waals surface area contributed by atoms with Crippen LogP contribution in [0.25, 0.3) is 0 Å². The summed E-state index contributed by atoms with van der Waals surface area (Å²) >= 11 is 0. The van der Waals surface area contributed by atoms with E-state index in [1.54, 1.807) is 0 Å². The summed E-state index contributed by atoms with van der Waals surface area (Å²) in [5.41, 5.74) is 6.57. The van der Waals surface area contributed by atoms with Gasteiger partial charge in [-0.1, -0.05) is 180 Å². The number of hydrogen-bond acceptors (Lipinski definition) is 2. The maximum absolute atomic E-state index is 8.81. The summed E-state index contributed by atoms with van der Waals surface area (Å²) in [5, 5.41) is 8.81. The minimum absolute atomic E-state index is 0.0185. The molecule has 0 fully saturated rings. The number of hydrogen-bond donors (Lipinski definition) is 2. The van der Waals surface area contributed by atoms with E-state index < -0.39 is 0 Å². The summed E-state index contributed by atoms with van der Waals surface area (Å²) in [6.45, 7) is 7.19. The zero-order valence-electron chi connectivity index (χ0n) is 27.0. The molecule has 0 saturated carbocycles. The molecule has 0 amide bonds. The number of aliphatic hydroxyl groups excluding tert-OH is 1. The van der Waals surface area contributed by atoms with Gasteiger partial charge in [-0.15, -0.1) is 0 Å². The molecule has 1 unspecified atom stereocenters. The molecule has 1 atom stereocenters. The van der Waals surface area contributed by atoms with E-state index in [0.29, 0.717) is 12.5 Å². The highest BCUT2D eigenvalue weighted by Gasteiger charge is 2.23. The lowest BCUT2D eigenvalue weighted by Gasteiger charge is -2.31. The molecule has 0 aromatic rings. The average Bonchev–Trinajstić information content (AvgIpc) is 2.89. The van der Waals surface area contributed by atoms with Crippen LogP contribution in [-0.4, -0.2) is 17.3 Å². The quantitative estimate of drug-likeness (QED) is 0.0838. The fourth-order valence-electron chi connectivity index (χ4n) is 6.10. The Morgan fingerprint density at radius 3 is 0.895 bits per heavy atom. The molecular weight excluding hydrogens is 462 g/mol. The van der Waals surface area contributed by atoms with Crippen LogP contribution < -0.4 is 5.73 Å². The zero-order valence-corrected chi connectivity index (χ0v) is 27.0. The molecule has 0 heterocycles. The maximum atomic E-state index is 8.81. The van der Waals surface area contributed by atoms with Gasteiger partial charge in [-0.05, 0) is 39.0 Å². The van der Waals surface area contributed by atoms with E-state index in [4.69, 9.17) is 10.8 Å². The van der Waals surface area contributed by atoms with Gasteiger partial charge in [0.25, 0.3) is 0 Å². The number of unbranched alkanes of at least 4 members (excludes halogenated alkanes) is 26. The molecular formula is C36H75NO. The highest BCUT2D eigenvalue weighted by molar-refractivity contribution is 4.82. The van der Waals surface area contributed by atoms with Gasteiger partial charge in [0.15, 0.2) is 0 Å². The van der Waals surface area contributed by atoms with E-state index >= 15 is 0 Å². The summed E-state index contributed by atoms with van der Waals surface area (Å²) in [4.78, 5) is 0. The fraction of sp³-hybridized carbons (Fsp3) is 1.00. The van der Waals surface area contributed by atoms with Crippen LogP contribution in [0.2, 0.25) is 0 Å². The van der Waals surface area contributed by atoms with Gasteiger partial charge < -0.3 is 10.8 Å². The van der Waals surface area contributed by atoms with E-state index in [0.717, 1.165) is 6.42 Å². The van der Waals surface area contributed by atoms with Gasteiger partial charge in [-0.25, -0.2) is 0 Å². The molecule has 0 saturated heterocycles. The molecule has 0 aromatic heterocycles. The van der Waals surface area contributed by atoms with E-state index in [-0.39, 0.29) is 5.54 Å². The lowest BCUT2D eigenvalue weighted by Crippen LogP contribution is -2.40. The van der Waals surface area contributed by atoms with Crippen LogP contribution in [0.4, 0.5) is 0 Å². The summed E-state index contributed by atoms with van der Waals surface area (Å²) in [5.74, 6) is 0.698. The molecule has 0 aromatic carbocycles. The van der Waals surface area contributed by atoms with Crippen LogP contribution in [0.15, 0.2) is 0 Å². The standard InChI is InChI=1S/C36H75NO/c1-4-5-6-7-8-9-10-11-14-17-20-23-26-29-32-35(36(2,3)37)33-30-27-24-21-18-15-12-13-16-19-22-25-28-31-34-38/h35,38H,4-34,37H2,1-3H3. The van der Waals surface area contributed by atoms with Crippen molar-refractivity contribution in [1.82, 2.24) is 0 Å². The number of aliphatic hydroxyl groups is 1. The Labute approximate surface area is 242 Å². The third-order valence-corrected chi connectivity index (χ3v) is 8.92. The van der Waals surface area contributed by atoms with E-state index in [9.17, 15) is 0 Å². The van der Waals surface area contributed by atoms with E-state index in [1.807, 2.05) is 0 Å². The van der Waals surface area contributed by atoms with Crippen LogP contribution >= 0.6 is 0 Å². The molecule has 0 aliphatic rings. The maximum Gasteiger partial charge on any atom is 0.0431 e. The van der Waals surface area contributed by atoms with Gasteiger partial charge in [0, 0.05) is 12.1 Å². The Hall–Kier alpha value is -0.0800. The molecule has 0 radical (unpaired) electrons. The molecule has 0 rings (SSSR count). The molecule has 2 heteroatoms. The molecule has 0 bridgehead atoms. The Balaban J connectivity index is 3.51. The molecule has 230 valence electrons. The first-order valence-corrected chi connectivity index (χ1v) is 17.9. The van der Waals surface area contributed by atoms with Crippen LogP contribution in [0.5, 0.6) is 0 Å². The summed E-state index contributed by atoms with van der Waals surface area (Å²) in [6, 6.07) is 0. The topological polar surface area (TPSA) is 46.2 Å². The molecule has 3 N–H and O–H groups in total. The van der Waals surface area contributed by atoms with Crippen LogP contribution in [0.3, 0.4) is 0 Å². The Morgan fingerprint density at radius 2 is 0.658 bits per heavy atom. The number of nitrogens with two attached hydrogens (primary N) is 1. The molecule has 0 spiro atoms. The largest absolute Gasteiger partial charge is 0.396 e. The lowest BCUT2D eigenvalue weighted by molar-refractivity contribution is 0.267. The Bertz CT molecular complexity index is 430. The Morgan fingerprint density at radius 1 is 0.421 bits per heavy atom. The van der Waals surface area contributed by atoms with E-state index in [2.05, 4.69) is 20.8 Å². The molecule has 0 aliphatic carbocycles. The van der Waals surface area contributed by atoms with Crippen molar-refractivity contribution >= 4 is 0 Å². The van der Waals surface area contributed by atoms with Crippen molar-refractivity contribution in [2.24, 2.45) is 11.7 Å². The van der Waals surface area contributed by atoms with Crippen molar-refractivity contribution in [3.05, 3.63) is 0 Å². The van der Waals surface area contributed by atoms with Crippen LogP contribution in [-0.2, 0) is 0 Å². The van der Waals surface area contributed by atoms with Crippen molar-refractivity contribution < 1.29 is 5.11 Å². The zero-order chi connectivity index (χ0) is 28.0. The van der Waals surface area contributed by atoms with Gasteiger partial charge in [0.1, 0.15) is 0 Å². The average molecular weight is 538 g/mol. The van der Waals surface area contributed by atoms with Gasteiger partial charge in [-0.3, -0.25) is 0 Å². The highest BCUT2D eigenvalue weighted by Crippen LogP contribution is 2.27. The molecule has 2 nitrogen and oxygen atoms in total. The normalized spacial score (nSPS) is 12.9. The van der Waals surface area contributed by atoms with Gasteiger partial charge in [0.2, 0.25) is 0 Å².